The molecule has 22 nitrogen and oxygen atoms in total. The number of benzene rings is 2. The van der Waals surface area contributed by atoms with Crippen LogP contribution in [0.5, 0.6) is 0 Å². The topological polar surface area (TPSA) is 305 Å². The van der Waals surface area contributed by atoms with E-state index in [0.29, 0.717) is 35.2 Å². The van der Waals surface area contributed by atoms with E-state index in [1.165, 1.54) is 81.9 Å². The molecule has 6 heterocycles. The Morgan fingerprint density at radius 1 is 0.610 bits per heavy atom. The molecule has 0 fully saturated rings. The summed E-state index contributed by atoms with van der Waals surface area (Å²) in [6.07, 6.45) is -7.05. The lowest BCUT2D eigenvalue weighted by atomic mass is 10.0. The molecule has 0 aliphatic rings. The number of nitrogens with two attached hydrogens (primary N) is 1. The quantitative estimate of drug-likeness (QED) is 0.0264. The minimum atomic E-state index is -5.49. The van der Waals surface area contributed by atoms with Gasteiger partial charge in [0.2, 0.25) is 0 Å². The lowest BCUT2D eigenvalue weighted by Crippen LogP contribution is -2.62. The predicted octanol–water partition coefficient (Wildman–Crippen LogP) is 4.75. The molecule has 0 aliphatic carbocycles. The molecular formula is C45H37F10N15O7. The van der Waals surface area contributed by atoms with Crippen LogP contribution in [0.1, 0.15) is 18.1 Å². The van der Waals surface area contributed by atoms with Crippen LogP contribution in [0, 0.1) is 23.3 Å². The first-order valence-corrected chi connectivity index (χ1v) is 21.8. The maximum atomic E-state index is 14.5. The van der Waals surface area contributed by atoms with Gasteiger partial charge in [0.1, 0.15) is 52.7 Å². The van der Waals surface area contributed by atoms with Crippen molar-refractivity contribution >= 4 is 29.2 Å². The summed E-state index contributed by atoms with van der Waals surface area (Å²) in [5.74, 6) is -5.19. The van der Waals surface area contributed by atoms with Gasteiger partial charge in [0.15, 0.2) is 34.9 Å². The highest BCUT2D eigenvalue weighted by molar-refractivity contribution is 5.90. The highest BCUT2D eigenvalue weighted by Crippen LogP contribution is 2.34. The molecule has 8 N–H and O–H groups in total. The number of ketones is 1. The summed E-state index contributed by atoms with van der Waals surface area (Å²) in [6, 6.07) is 17.8. The molecule has 6 aromatic heterocycles. The van der Waals surface area contributed by atoms with E-state index in [9.17, 15) is 68.5 Å². The van der Waals surface area contributed by atoms with Crippen LogP contribution >= 0.6 is 0 Å². The maximum absolute atomic E-state index is 14.5. The van der Waals surface area contributed by atoms with Gasteiger partial charge in [0, 0.05) is 23.3 Å². The predicted molar refractivity (Wildman–Crippen MR) is 243 cm³/mol. The molecule has 0 saturated carbocycles. The molecule has 32 heteroatoms. The molecule has 0 saturated heterocycles. The number of nitrogens with one attached hydrogen (secondary N) is 4. The van der Waals surface area contributed by atoms with E-state index in [-0.39, 0.29) is 47.3 Å². The van der Waals surface area contributed by atoms with Crippen molar-refractivity contribution < 1.29 is 77.5 Å². The fourth-order valence-corrected chi connectivity index (χ4v) is 6.71. The highest BCUT2D eigenvalue weighted by atomic mass is 19.4. The zero-order valence-electron chi connectivity index (χ0n) is 39.0. The number of halogens is 10. The molecule has 0 bridgehead atoms. The standard InChI is InChI=1S/C24H20F5N7O4.C21H17F5N8O3/c1-13(37)9-31-22(38)23(39,24(27,28)29)12-32-20-16(26)10-30-21(33-20)18-8-19(17-6-7-40-35-17)36(34-18)11-14-4-2-3-5-15(14)25;22-12-4-2-1-3-11(12)9-34-16(14-5-6-37-33-14)7-15(32-34)18-28-8-13(23)17(30-18)29-10-20(36,19(35)31-27)21(24,25)26/h2-8,10,39H,9,11-12H2,1H3,(H,31,38)(H,30,32,33);1-8,36H,9-10,27H2,(H,31,35)(H,28,29,30). The zero-order valence-corrected chi connectivity index (χ0v) is 39.0. The van der Waals surface area contributed by atoms with Gasteiger partial charge in [-0.1, -0.05) is 46.7 Å². The van der Waals surface area contributed by atoms with E-state index in [1.54, 1.807) is 23.5 Å². The summed E-state index contributed by atoms with van der Waals surface area (Å²) in [6.45, 7) is -2.90. The van der Waals surface area contributed by atoms with Crippen LogP contribution in [0.2, 0.25) is 0 Å². The number of anilines is 2. The molecule has 77 heavy (non-hydrogen) atoms. The van der Waals surface area contributed by atoms with E-state index < -0.39 is 95.7 Å². The SMILES string of the molecule is CC(=O)CNC(=O)C(O)(CNc1nc(-c2cc(-c3ccon3)n(Cc3ccccc3F)n2)ncc1F)C(F)(F)F.NNC(=O)C(O)(CNc1nc(-c2cc(-c3ccon3)n(Cc3ccccc3F)n2)ncc1F)C(F)(F)F. The fraction of sp³-hybridized carbons (Fsp3) is 0.222. The summed E-state index contributed by atoms with van der Waals surface area (Å²) < 4.78 is 150. The molecule has 2 atom stereocenters. The van der Waals surface area contributed by atoms with Crippen LogP contribution in [0.25, 0.3) is 45.8 Å². The maximum Gasteiger partial charge on any atom is 0.428 e. The Morgan fingerprint density at radius 2 is 1.03 bits per heavy atom. The van der Waals surface area contributed by atoms with Gasteiger partial charge >= 0.3 is 12.4 Å². The van der Waals surface area contributed by atoms with E-state index in [1.807, 2.05) is 10.6 Å². The summed E-state index contributed by atoms with van der Waals surface area (Å²) in [4.78, 5) is 50.0. The normalized spacial score (nSPS) is 13.2. The number of hydrogen-bond donors (Lipinski definition) is 7. The number of aromatic nitrogens is 10. The first-order chi connectivity index (χ1) is 36.4. The Morgan fingerprint density at radius 3 is 1.39 bits per heavy atom. The number of carbonyl (C=O) groups excluding carboxylic acids is 3. The van der Waals surface area contributed by atoms with Crippen molar-refractivity contribution in [2.45, 2.75) is 43.6 Å². The lowest BCUT2D eigenvalue weighted by molar-refractivity contribution is -0.247. The van der Waals surface area contributed by atoms with Crippen molar-refractivity contribution in [2.75, 3.05) is 30.3 Å². The monoisotopic (exact) mass is 1090 g/mol. The molecule has 8 aromatic rings. The molecule has 2 amide bonds. The Balaban J connectivity index is 0.000000224. The number of hydrazine groups is 1. The van der Waals surface area contributed by atoms with Crippen LogP contribution < -0.4 is 27.2 Å². The third-order valence-electron chi connectivity index (χ3n) is 10.8. The third-order valence-corrected chi connectivity index (χ3v) is 10.8. The molecule has 0 spiro atoms. The van der Waals surface area contributed by atoms with Crippen LogP contribution in [0.3, 0.4) is 0 Å². The molecule has 0 radical (unpaired) electrons. The van der Waals surface area contributed by atoms with Crippen molar-refractivity contribution in [3.63, 3.8) is 0 Å². The Hall–Kier alpha value is -9.17. The van der Waals surface area contributed by atoms with Crippen LogP contribution in [-0.4, -0.2) is 121 Å². The molecule has 404 valence electrons. The Bertz CT molecular complexity index is 3370. The second-order valence-corrected chi connectivity index (χ2v) is 16.2. The minimum absolute atomic E-state index is 0.0164. The third kappa shape index (κ3) is 12.5. The minimum Gasteiger partial charge on any atom is -0.371 e. The van der Waals surface area contributed by atoms with Gasteiger partial charge in [-0.3, -0.25) is 29.2 Å². The fourth-order valence-electron chi connectivity index (χ4n) is 6.71. The summed E-state index contributed by atoms with van der Waals surface area (Å²) in [7, 11) is 0. The Labute approximate surface area is 424 Å². The lowest BCUT2D eigenvalue weighted by Gasteiger charge is -2.29. The van der Waals surface area contributed by atoms with Crippen LogP contribution in [-0.2, 0) is 27.5 Å². The van der Waals surface area contributed by atoms with Crippen molar-refractivity contribution in [3.8, 4) is 45.8 Å². The van der Waals surface area contributed by atoms with E-state index in [0.717, 1.165) is 6.92 Å². The second kappa shape index (κ2) is 22.7. The van der Waals surface area contributed by atoms with Gasteiger partial charge in [-0.25, -0.2) is 43.3 Å². The highest BCUT2D eigenvalue weighted by Gasteiger charge is 2.60. The number of alkyl halides is 6. The van der Waals surface area contributed by atoms with Gasteiger partial charge in [-0.05, 0) is 31.2 Å². The first-order valence-electron chi connectivity index (χ1n) is 21.8. The zero-order chi connectivity index (χ0) is 55.9. The van der Waals surface area contributed by atoms with Gasteiger partial charge in [0.25, 0.3) is 23.0 Å². The van der Waals surface area contributed by atoms with Crippen LogP contribution in [0.15, 0.2) is 107 Å². The number of hydrogen-bond acceptors (Lipinski definition) is 18. The number of nitrogens with zero attached hydrogens (tertiary/aromatic N) is 10. The number of Topliss-reactive ketones (excluding diaryl/α,β-unsaturated/α-hetero) is 1. The van der Waals surface area contributed by atoms with Crippen LogP contribution in [0.4, 0.5) is 55.5 Å². The second-order valence-electron chi connectivity index (χ2n) is 16.2. The summed E-state index contributed by atoms with van der Waals surface area (Å²) in [5.41, 5.74) is -4.87. The molecule has 8 rings (SSSR count). The van der Waals surface area contributed by atoms with Crippen molar-refractivity contribution in [1.29, 1.82) is 0 Å². The van der Waals surface area contributed by atoms with Gasteiger partial charge < -0.3 is 35.2 Å². The van der Waals surface area contributed by atoms with Crippen molar-refractivity contribution in [3.05, 3.63) is 132 Å². The first kappa shape index (κ1) is 55.6. The number of amides is 2. The number of rotatable bonds is 18. The van der Waals surface area contributed by atoms with E-state index in [4.69, 9.17) is 14.9 Å². The molecule has 2 unspecified atom stereocenters. The van der Waals surface area contributed by atoms with Gasteiger partial charge in [-0.15, -0.1) is 0 Å². The summed E-state index contributed by atoms with van der Waals surface area (Å²) >= 11 is 0. The average Bonchev–Trinajstić information content (AvgIpc) is 4.25. The largest absolute Gasteiger partial charge is 0.428 e. The Kier molecular flexibility index (Phi) is 16.4. The van der Waals surface area contributed by atoms with E-state index >= 15 is 0 Å². The number of aliphatic hydroxyl groups is 2. The summed E-state index contributed by atoms with van der Waals surface area (Å²) in [5, 5.41) is 41.9. The van der Waals surface area contributed by atoms with Gasteiger partial charge in [0.05, 0.1) is 56.5 Å². The molecule has 2 aromatic carbocycles. The smallest absolute Gasteiger partial charge is 0.371 e. The number of carbonyl (C=O) groups is 3. The van der Waals surface area contributed by atoms with Crippen molar-refractivity contribution in [1.82, 2.24) is 60.6 Å². The van der Waals surface area contributed by atoms with E-state index in [2.05, 4.69) is 40.4 Å². The van der Waals surface area contributed by atoms with Crippen molar-refractivity contribution in [2.24, 2.45) is 5.84 Å². The van der Waals surface area contributed by atoms with Gasteiger partial charge in [-0.2, -0.15) is 36.5 Å². The average molecular weight is 1090 g/mol. The molecule has 0 aliphatic heterocycles. The molecular weight excluding hydrogens is 1050 g/mol.